The lowest BCUT2D eigenvalue weighted by atomic mass is 10.0. The number of aromatic nitrogens is 2. The molecule has 0 radical (unpaired) electrons. The van der Waals surface area contributed by atoms with Gasteiger partial charge in [0.15, 0.2) is 0 Å². The van der Waals surface area contributed by atoms with Gasteiger partial charge in [-0.25, -0.2) is 0 Å². The SMILES string of the molecule is CCCOCC(Cc1ccc(C)cc1)n1c(=N)n(Cc2ccc(C)cc2)c2ccccc21. The Hall–Kier alpha value is -3.11. The lowest BCUT2D eigenvalue weighted by Crippen LogP contribution is -2.31. The van der Waals surface area contributed by atoms with E-state index in [0.29, 0.717) is 18.8 Å². The molecule has 1 atom stereocenters. The zero-order chi connectivity index (χ0) is 22.5. The molecule has 0 saturated carbocycles. The highest BCUT2D eigenvalue weighted by atomic mass is 16.5. The summed E-state index contributed by atoms with van der Waals surface area (Å²) in [6, 6.07) is 25.7. The van der Waals surface area contributed by atoms with E-state index in [9.17, 15) is 0 Å². The summed E-state index contributed by atoms with van der Waals surface area (Å²) in [6.07, 6.45) is 1.82. The van der Waals surface area contributed by atoms with Crippen molar-refractivity contribution in [2.24, 2.45) is 0 Å². The zero-order valence-corrected chi connectivity index (χ0v) is 19.3. The molecule has 0 saturated heterocycles. The van der Waals surface area contributed by atoms with Crippen molar-refractivity contribution in [2.75, 3.05) is 13.2 Å². The normalized spacial score (nSPS) is 12.3. The fraction of sp³-hybridized carbons (Fsp3) is 0.321. The Labute approximate surface area is 190 Å². The van der Waals surface area contributed by atoms with E-state index in [-0.39, 0.29) is 6.04 Å². The second kappa shape index (κ2) is 10.0. The Morgan fingerprint density at radius 2 is 1.41 bits per heavy atom. The van der Waals surface area contributed by atoms with Gasteiger partial charge in [-0.15, -0.1) is 0 Å². The number of fused-ring (bicyclic) bond motifs is 1. The average Bonchev–Trinajstić information content (AvgIpc) is 3.07. The minimum absolute atomic E-state index is 0.0564. The molecule has 1 aromatic heterocycles. The fourth-order valence-corrected chi connectivity index (χ4v) is 4.24. The standard InChI is InChI=1S/C28H33N3O/c1-4-17-32-20-25(18-23-13-9-21(2)10-14-23)31-27-8-6-5-7-26(27)30(28(31)29)19-24-15-11-22(3)12-16-24/h5-16,25,29H,4,17-20H2,1-3H3. The molecule has 4 heteroatoms. The maximum atomic E-state index is 9.15. The lowest BCUT2D eigenvalue weighted by molar-refractivity contribution is 0.102. The summed E-state index contributed by atoms with van der Waals surface area (Å²) in [7, 11) is 0. The first-order chi connectivity index (χ1) is 15.6. The molecule has 32 heavy (non-hydrogen) atoms. The van der Waals surface area contributed by atoms with Crippen LogP contribution in [0.25, 0.3) is 11.0 Å². The van der Waals surface area contributed by atoms with Crippen LogP contribution in [0.1, 0.15) is 41.6 Å². The van der Waals surface area contributed by atoms with Crippen molar-refractivity contribution in [3.05, 3.63) is 101 Å². The molecule has 3 aromatic carbocycles. The van der Waals surface area contributed by atoms with E-state index >= 15 is 0 Å². The fourth-order valence-electron chi connectivity index (χ4n) is 4.24. The van der Waals surface area contributed by atoms with E-state index in [0.717, 1.165) is 30.5 Å². The Bertz CT molecular complexity index is 1220. The monoisotopic (exact) mass is 427 g/mol. The number of nitrogens with one attached hydrogen (secondary N) is 1. The van der Waals surface area contributed by atoms with Crippen molar-refractivity contribution in [2.45, 2.75) is 46.2 Å². The largest absolute Gasteiger partial charge is 0.379 e. The third kappa shape index (κ3) is 4.86. The number of hydrogen-bond acceptors (Lipinski definition) is 2. The van der Waals surface area contributed by atoms with Crippen LogP contribution in [0, 0.1) is 19.3 Å². The molecule has 0 spiro atoms. The summed E-state index contributed by atoms with van der Waals surface area (Å²) < 4.78 is 10.3. The van der Waals surface area contributed by atoms with Gasteiger partial charge in [-0.2, -0.15) is 0 Å². The van der Waals surface area contributed by atoms with Crippen LogP contribution in [0.3, 0.4) is 0 Å². The molecule has 0 bridgehead atoms. The third-order valence-electron chi connectivity index (χ3n) is 5.99. The summed E-state index contributed by atoms with van der Waals surface area (Å²) in [5.74, 6) is 0. The van der Waals surface area contributed by atoms with Gasteiger partial charge in [-0.3, -0.25) is 5.41 Å². The highest BCUT2D eigenvalue weighted by molar-refractivity contribution is 5.76. The van der Waals surface area contributed by atoms with Crippen molar-refractivity contribution in [1.29, 1.82) is 5.41 Å². The number of aryl methyl sites for hydroxylation is 2. The number of benzene rings is 3. The van der Waals surface area contributed by atoms with Gasteiger partial charge >= 0.3 is 0 Å². The zero-order valence-electron chi connectivity index (χ0n) is 19.3. The molecule has 1 N–H and O–H groups in total. The quantitative estimate of drug-likeness (QED) is 0.337. The predicted octanol–water partition coefficient (Wildman–Crippen LogP) is 5.80. The minimum Gasteiger partial charge on any atom is -0.379 e. The van der Waals surface area contributed by atoms with Gasteiger partial charge in [0, 0.05) is 6.61 Å². The summed E-state index contributed by atoms with van der Waals surface area (Å²) in [6.45, 7) is 8.36. The first-order valence-corrected chi connectivity index (χ1v) is 11.5. The van der Waals surface area contributed by atoms with Crippen LogP contribution in [0.15, 0.2) is 72.8 Å². The van der Waals surface area contributed by atoms with E-state index in [1.165, 1.54) is 22.3 Å². The smallest absolute Gasteiger partial charge is 0.203 e. The van der Waals surface area contributed by atoms with Gasteiger partial charge in [0.05, 0.1) is 30.2 Å². The Morgan fingerprint density at radius 3 is 2.03 bits per heavy atom. The van der Waals surface area contributed by atoms with E-state index in [4.69, 9.17) is 10.1 Å². The highest BCUT2D eigenvalue weighted by Gasteiger charge is 2.20. The first kappa shape index (κ1) is 22.1. The minimum atomic E-state index is 0.0564. The number of hydrogen-bond donors (Lipinski definition) is 1. The number of nitrogens with zero attached hydrogens (tertiary/aromatic N) is 2. The van der Waals surface area contributed by atoms with Crippen LogP contribution in [0.4, 0.5) is 0 Å². The second-order valence-corrected chi connectivity index (χ2v) is 8.67. The Morgan fingerprint density at radius 1 is 0.812 bits per heavy atom. The van der Waals surface area contributed by atoms with Gasteiger partial charge < -0.3 is 13.9 Å². The van der Waals surface area contributed by atoms with Crippen molar-refractivity contribution in [3.63, 3.8) is 0 Å². The molecule has 4 rings (SSSR count). The molecule has 0 aliphatic carbocycles. The van der Waals surface area contributed by atoms with E-state index in [1.807, 2.05) is 0 Å². The number of para-hydroxylation sites is 2. The molecular weight excluding hydrogens is 394 g/mol. The lowest BCUT2D eigenvalue weighted by Gasteiger charge is -2.20. The molecule has 166 valence electrons. The van der Waals surface area contributed by atoms with Crippen LogP contribution in [0.5, 0.6) is 0 Å². The van der Waals surface area contributed by atoms with Crippen LogP contribution < -0.4 is 5.62 Å². The molecule has 0 amide bonds. The molecule has 1 heterocycles. The summed E-state index contributed by atoms with van der Waals surface area (Å²) in [4.78, 5) is 0. The highest BCUT2D eigenvalue weighted by Crippen LogP contribution is 2.22. The summed E-state index contributed by atoms with van der Waals surface area (Å²) in [5, 5.41) is 9.15. The average molecular weight is 428 g/mol. The van der Waals surface area contributed by atoms with Gasteiger partial charge in [-0.1, -0.05) is 78.7 Å². The molecule has 4 aromatic rings. The van der Waals surface area contributed by atoms with E-state index < -0.39 is 0 Å². The predicted molar refractivity (Wildman–Crippen MR) is 131 cm³/mol. The van der Waals surface area contributed by atoms with Crippen LogP contribution >= 0.6 is 0 Å². The van der Waals surface area contributed by atoms with Crippen molar-refractivity contribution in [3.8, 4) is 0 Å². The second-order valence-electron chi connectivity index (χ2n) is 8.67. The molecule has 4 nitrogen and oxygen atoms in total. The van der Waals surface area contributed by atoms with E-state index in [1.54, 1.807) is 0 Å². The van der Waals surface area contributed by atoms with Gasteiger partial charge in [0.2, 0.25) is 5.62 Å². The van der Waals surface area contributed by atoms with Crippen LogP contribution in [0.2, 0.25) is 0 Å². The number of ether oxygens (including phenoxy) is 1. The van der Waals surface area contributed by atoms with Crippen molar-refractivity contribution in [1.82, 2.24) is 9.13 Å². The van der Waals surface area contributed by atoms with Gasteiger partial charge in [0.25, 0.3) is 0 Å². The third-order valence-corrected chi connectivity index (χ3v) is 5.99. The van der Waals surface area contributed by atoms with Crippen molar-refractivity contribution < 1.29 is 4.74 Å². The van der Waals surface area contributed by atoms with Crippen molar-refractivity contribution >= 4 is 11.0 Å². The van der Waals surface area contributed by atoms with Gasteiger partial charge in [-0.05, 0) is 49.9 Å². The number of rotatable bonds is 9. The van der Waals surface area contributed by atoms with Crippen LogP contribution in [-0.2, 0) is 17.7 Å². The Kier molecular flexibility index (Phi) is 6.91. The van der Waals surface area contributed by atoms with E-state index in [2.05, 4.69) is 103 Å². The summed E-state index contributed by atoms with van der Waals surface area (Å²) in [5.41, 5.74) is 7.67. The van der Waals surface area contributed by atoms with Crippen LogP contribution in [-0.4, -0.2) is 22.3 Å². The number of imidazole rings is 1. The molecule has 1 unspecified atom stereocenters. The molecular formula is C28H33N3O. The Balaban J connectivity index is 1.76. The first-order valence-electron chi connectivity index (χ1n) is 11.5. The molecule has 0 fully saturated rings. The summed E-state index contributed by atoms with van der Waals surface area (Å²) >= 11 is 0. The topological polar surface area (TPSA) is 42.9 Å². The molecule has 0 aliphatic heterocycles. The molecule has 0 aliphatic rings. The maximum absolute atomic E-state index is 9.15. The van der Waals surface area contributed by atoms with Gasteiger partial charge in [0.1, 0.15) is 0 Å². The maximum Gasteiger partial charge on any atom is 0.203 e.